The maximum Gasteiger partial charge on any atom is 0.325 e. The summed E-state index contributed by atoms with van der Waals surface area (Å²) in [7, 11) is 0. The van der Waals surface area contributed by atoms with E-state index in [0.717, 1.165) is 12.1 Å². The third kappa shape index (κ3) is 5.56. The molecule has 0 saturated heterocycles. The fourth-order valence-corrected chi connectivity index (χ4v) is 2.16. The van der Waals surface area contributed by atoms with Crippen LogP contribution in [0.4, 0.5) is 10.1 Å². The summed E-state index contributed by atoms with van der Waals surface area (Å²) in [6.07, 6.45) is 0. The van der Waals surface area contributed by atoms with Crippen molar-refractivity contribution in [3.05, 3.63) is 64.4 Å². The van der Waals surface area contributed by atoms with E-state index in [1.54, 1.807) is 25.1 Å². The van der Waals surface area contributed by atoms with Crippen LogP contribution < -0.4 is 10.6 Å². The van der Waals surface area contributed by atoms with Crippen molar-refractivity contribution in [2.45, 2.75) is 6.92 Å². The first-order valence-corrected chi connectivity index (χ1v) is 7.99. The molecule has 136 valence electrons. The van der Waals surface area contributed by atoms with Crippen LogP contribution in [0, 0.1) is 12.7 Å². The Bertz CT molecular complexity index is 824. The number of esters is 1. The van der Waals surface area contributed by atoms with E-state index in [-0.39, 0.29) is 5.56 Å². The van der Waals surface area contributed by atoms with Crippen LogP contribution in [0.1, 0.15) is 15.9 Å². The van der Waals surface area contributed by atoms with E-state index >= 15 is 0 Å². The van der Waals surface area contributed by atoms with Gasteiger partial charge in [0.25, 0.3) is 11.8 Å². The molecule has 0 heterocycles. The molecule has 2 aromatic carbocycles. The molecular weight excluding hydrogens is 363 g/mol. The van der Waals surface area contributed by atoms with Crippen molar-refractivity contribution in [2.24, 2.45) is 0 Å². The van der Waals surface area contributed by atoms with Crippen LogP contribution >= 0.6 is 11.6 Å². The van der Waals surface area contributed by atoms with E-state index < -0.39 is 36.8 Å². The van der Waals surface area contributed by atoms with Crippen molar-refractivity contribution in [2.75, 3.05) is 18.5 Å². The molecular formula is C18H16ClFN2O4. The molecule has 0 spiro atoms. The zero-order valence-electron chi connectivity index (χ0n) is 13.8. The zero-order valence-corrected chi connectivity index (χ0v) is 14.6. The van der Waals surface area contributed by atoms with E-state index in [9.17, 15) is 18.8 Å². The van der Waals surface area contributed by atoms with Crippen molar-refractivity contribution in [1.29, 1.82) is 0 Å². The van der Waals surface area contributed by atoms with E-state index in [4.69, 9.17) is 16.3 Å². The lowest BCUT2D eigenvalue weighted by Crippen LogP contribution is -2.32. The van der Waals surface area contributed by atoms with E-state index in [2.05, 4.69) is 10.6 Å². The largest absolute Gasteiger partial charge is 0.454 e. The quantitative estimate of drug-likeness (QED) is 0.757. The summed E-state index contributed by atoms with van der Waals surface area (Å²) in [5, 5.41) is 5.41. The monoisotopic (exact) mass is 378 g/mol. The summed E-state index contributed by atoms with van der Waals surface area (Å²) < 4.78 is 17.6. The molecule has 2 amide bonds. The third-order valence-corrected chi connectivity index (χ3v) is 3.82. The van der Waals surface area contributed by atoms with Gasteiger partial charge in [-0.05, 0) is 48.9 Å². The molecule has 2 aromatic rings. The number of ether oxygens (including phenoxy) is 1. The van der Waals surface area contributed by atoms with Crippen molar-refractivity contribution < 1.29 is 23.5 Å². The summed E-state index contributed by atoms with van der Waals surface area (Å²) in [6, 6.07) is 9.89. The lowest BCUT2D eigenvalue weighted by molar-refractivity contribution is -0.146. The molecule has 8 heteroatoms. The molecule has 2 N–H and O–H groups in total. The maximum atomic E-state index is 12.8. The van der Waals surface area contributed by atoms with Crippen LogP contribution in [-0.2, 0) is 14.3 Å². The highest BCUT2D eigenvalue weighted by molar-refractivity contribution is 6.31. The number of halogens is 2. The van der Waals surface area contributed by atoms with E-state index in [0.29, 0.717) is 16.3 Å². The first-order chi connectivity index (χ1) is 12.4. The molecule has 6 nitrogen and oxygen atoms in total. The summed E-state index contributed by atoms with van der Waals surface area (Å²) in [6.45, 7) is 0.825. The van der Waals surface area contributed by atoms with Crippen molar-refractivity contribution in [1.82, 2.24) is 5.32 Å². The van der Waals surface area contributed by atoms with Gasteiger partial charge in [0.05, 0.1) is 0 Å². The molecule has 0 bridgehead atoms. The normalized spacial score (nSPS) is 10.1. The molecule has 0 aliphatic rings. The number of amides is 2. The SMILES string of the molecule is Cc1c(Cl)cccc1NC(=O)COC(=O)CNC(=O)c1ccc(F)cc1. The van der Waals surface area contributed by atoms with Gasteiger partial charge < -0.3 is 15.4 Å². The summed E-state index contributed by atoms with van der Waals surface area (Å²) in [4.78, 5) is 35.2. The molecule has 0 unspecified atom stereocenters. The zero-order chi connectivity index (χ0) is 19.1. The smallest absolute Gasteiger partial charge is 0.325 e. The topological polar surface area (TPSA) is 84.5 Å². The number of hydrogen-bond donors (Lipinski definition) is 2. The van der Waals surface area contributed by atoms with E-state index in [1.807, 2.05) is 0 Å². The number of anilines is 1. The third-order valence-electron chi connectivity index (χ3n) is 3.41. The van der Waals surface area contributed by atoms with Crippen LogP contribution in [-0.4, -0.2) is 30.9 Å². The number of hydrogen-bond acceptors (Lipinski definition) is 4. The minimum absolute atomic E-state index is 0.202. The maximum absolute atomic E-state index is 12.8. The Morgan fingerprint density at radius 3 is 2.50 bits per heavy atom. The second-order valence-electron chi connectivity index (χ2n) is 5.31. The molecule has 0 aromatic heterocycles. The molecule has 0 aliphatic heterocycles. The number of nitrogens with one attached hydrogen (secondary N) is 2. The van der Waals surface area contributed by atoms with Gasteiger partial charge in [0.1, 0.15) is 12.4 Å². The lowest BCUT2D eigenvalue weighted by Gasteiger charge is -2.10. The van der Waals surface area contributed by atoms with Crippen molar-refractivity contribution in [3.8, 4) is 0 Å². The Hall–Kier alpha value is -2.93. The first kappa shape index (κ1) is 19.4. The lowest BCUT2D eigenvalue weighted by atomic mass is 10.2. The molecule has 0 radical (unpaired) electrons. The van der Waals surface area contributed by atoms with Gasteiger partial charge in [-0.25, -0.2) is 4.39 Å². The highest BCUT2D eigenvalue weighted by Gasteiger charge is 2.12. The van der Waals surface area contributed by atoms with Gasteiger partial charge >= 0.3 is 5.97 Å². The molecule has 0 aliphatic carbocycles. The first-order valence-electron chi connectivity index (χ1n) is 7.61. The summed E-state index contributed by atoms with van der Waals surface area (Å²) >= 11 is 5.96. The number of carbonyl (C=O) groups is 3. The Morgan fingerprint density at radius 2 is 1.81 bits per heavy atom. The van der Waals surface area contributed by atoms with Gasteiger partial charge in [-0.3, -0.25) is 14.4 Å². The molecule has 26 heavy (non-hydrogen) atoms. The summed E-state index contributed by atoms with van der Waals surface area (Å²) in [5.74, 6) is -2.34. The van der Waals surface area contributed by atoms with Crippen molar-refractivity contribution >= 4 is 35.1 Å². The van der Waals surface area contributed by atoms with Crippen LogP contribution in [0.5, 0.6) is 0 Å². The molecule has 0 fully saturated rings. The van der Waals surface area contributed by atoms with Gasteiger partial charge in [-0.2, -0.15) is 0 Å². The predicted octanol–water partition coefficient (Wildman–Crippen LogP) is 2.70. The second kappa shape index (κ2) is 8.96. The van der Waals surface area contributed by atoms with Gasteiger partial charge in [0, 0.05) is 16.3 Å². The van der Waals surface area contributed by atoms with Gasteiger partial charge in [0.2, 0.25) is 0 Å². The van der Waals surface area contributed by atoms with Crippen LogP contribution in [0.3, 0.4) is 0 Å². The van der Waals surface area contributed by atoms with Gasteiger partial charge in [-0.1, -0.05) is 17.7 Å². The highest BCUT2D eigenvalue weighted by Crippen LogP contribution is 2.22. The van der Waals surface area contributed by atoms with Crippen LogP contribution in [0.2, 0.25) is 5.02 Å². The van der Waals surface area contributed by atoms with Crippen molar-refractivity contribution in [3.63, 3.8) is 0 Å². The average Bonchev–Trinajstić information content (AvgIpc) is 2.62. The number of benzene rings is 2. The number of carbonyl (C=O) groups excluding carboxylic acids is 3. The fraction of sp³-hybridized carbons (Fsp3) is 0.167. The molecule has 0 saturated carbocycles. The standard InChI is InChI=1S/C18H16ClFN2O4/c1-11-14(19)3-2-4-15(11)22-16(23)10-26-17(24)9-21-18(25)12-5-7-13(20)8-6-12/h2-8H,9-10H2,1H3,(H,21,25)(H,22,23). The van der Waals surface area contributed by atoms with E-state index in [1.165, 1.54) is 12.1 Å². The van der Waals surface area contributed by atoms with Gasteiger partial charge in [0.15, 0.2) is 6.61 Å². The molecule has 0 atom stereocenters. The predicted molar refractivity (Wildman–Crippen MR) is 94.5 cm³/mol. The number of rotatable bonds is 6. The Labute approximate surface area is 154 Å². The Kier molecular flexibility index (Phi) is 6.68. The average molecular weight is 379 g/mol. The minimum Gasteiger partial charge on any atom is -0.454 e. The minimum atomic E-state index is -0.779. The second-order valence-corrected chi connectivity index (χ2v) is 5.72. The summed E-state index contributed by atoms with van der Waals surface area (Å²) in [5.41, 5.74) is 1.41. The van der Waals surface area contributed by atoms with Crippen LogP contribution in [0.15, 0.2) is 42.5 Å². The molecule has 2 rings (SSSR count). The van der Waals surface area contributed by atoms with Gasteiger partial charge in [-0.15, -0.1) is 0 Å². The highest BCUT2D eigenvalue weighted by atomic mass is 35.5. The Morgan fingerprint density at radius 1 is 1.12 bits per heavy atom. The Balaban J connectivity index is 1.76. The van der Waals surface area contributed by atoms with Crippen LogP contribution in [0.25, 0.3) is 0 Å². The fourth-order valence-electron chi connectivity index (χ4n) is 1.98.